The van der Waals surface area contributed by atoms with Crippen LogP contribution in [0.15, 0.2) is 36.5 Å². The van der Waals surface area contributed by atoms with E-state index in [-0.39, 0.29) is 11.4 Å². The van der Waals surface area contributed by atoms with Crippen LogP contribution in [-0.4, -0.2) is 16.1 Å². The zero-order chi connectivity index (χ0) is 13.8. The molecule has 4 nitrogen and oxygen atoms in total. The fraction of sp³-hybridized carbons (Fsp3) is 0.143. The van der Waals surface area contributed by atoms with E-state index < -0.39 is 11.8 Å². The topological polar surface area (TPSA) is 62.2 Å². The summed E-state index contributed by atoms with van der Waals surface area (Å²) in [5.74, 6) is -1.78. The van der Waals surface area contributed by atoms with Crippen LogP contribution in [-0.2, 0) is 6.42 Å². The highest BCUT2D eigenvalue weighted by molar-refractivity contribution is 5.93. The molecule has 98 valence electrons. The van der Waals surface area contributed by atoms with E-state index in [9.17, 15) is 9.18 Å². The minimum atomic E-state index is -1.22. The number of aryl methyl sites for hydroxylation is 1. The molecule has 0 radical (unpaired) electrons. The van der Waals surface area contributed by atoms with Crippen molar-refractivity contribution in [1.82, 2.24) is 4.98 Å². The molecular formula is C14H13FN2O2. The van der Waals surface area contributed by atoms with Crippen molar-refractivity contribution in [2.45, 2.75) is 13.3 Å². The summed E-state index contributed by atoms with van der Waals surface area (Å²) >= 11 is 0. The molecule has 2 N–H and O–H groups in total. The summed E-state index contributed by atoms with van der Waals surface area (Å²) in [5, 5.41) is 11.9. The predicted octanol–water partition coefficient (Wildman–Crippen LogP) is 3.22. The van der Waals surface area contributed by atoms with Crippen LogP contribution in [0.4, 0.5) is 15.9 Å². The molecule has 0 amide bonds. The molecule has 5 heteroatoms. The molecule has 0 aliphatic heterocycles. The number of benzene rings is 1. The molecule has 0 saturated carbocycles. The second kappa shape index (κ2) is 5.48. The Morgan fingerprint density at radius 2 is 2.05 bits per heavy atom. The van der Waals surface area contributed by atoms with Gasteiger partial charge in [0.15, 0.2) is 0 Å². The van der Waals surface area contributed by atoms with Crippen LogP contribution in [0.3, 0.4) is 0 Å². The van der Waals surface area contributed by atoms with Gasteiger partial charge in [0.2, 0.25) is 0 Å². The van der Waals surface area contributed by atoms with E-state index in [2.05, 4.69) is 10.3 Å². The summed E-state index contributed by atoms with van der Waals surface area (Å²) in [5.41, 5.74) is 1.69. The van der Waals surface area contributed by atoms with Crippen LogP contribution in [0.2, 0.25) is 0 Å². The number of aromatic nitrogens is 1. The third-order valence-corrected chi connectivity index (χ3v) is 2.71. The van der Waals surface area contributed by atoms with Gasteiger partial charge >= 0.3 is 5.97 Å². The van der Waals surface area contributed by atoms with E-state index in [1.165, 1.54) is 5.56 Å². The Hall–Kier alpha value is -2.43. The summed E-state index contributed by atoms with van der Waals surface area (Å²) in [6, 6.07) is 8.47. The smallest absolute Gasteiger partial charge is 0.339 e. The second-order valence-corrected chi connectivity index (χ2v) is 4.03. The normalized spacial score (nSPS) is 10.2. The number of pyridine rings is 1. The van der Waals surface area contributed by atoms with Crippen LogP contribution in [0.5, 0.6) is 0 Å². The molecule has 0 bridgehead atoms. The molecule has 0 saturated heterocycles. The minimum absolute atomic E-state index is 0.123. The Labute approximate surface area is 109 Å². The molecule has 2 aromatic rings. The molecule has 1 aromatic carbocycles. The summed E-state index contributed by atoms with van der Waals surface area (Å²) in [6.45, 7) is 2.05. The lowest BCUT2D eigenvalue weighted by atomic mass is 10.1. The van der Waals surface area contributed by atoms with Crippen molar-refractivity contribution in [3.05, 3.63) is 53.5 Å². The Kier molecular flexibility index (Phi) is 3.75. The lowest BCUT2D eigenvalue weighted by Gasteiger charge is -2.09. The summed E-state index contributed by atoms with van der Waals surface area (Å²) in [7, 11) is 0. The Bertz CT molecular complexity index is 597. The molecule has 1 heterocycles. The maximum Gasteiger partial charge on any atom is 0.339 e. The van der Waals surface area contributed by atoms with E-state index >= 15 is 0 Å². The first kappa shape index (κ1) is 13.0. The van der Waals surface area contributed by atoms with E-state index in [4.69, 9.17) is 5.11 Å². The van der Waals surface area contributed by atoms with E-state index in [1.807, 2.05) is 31.2 Å². The van der Waals surface area contributed by atoms with Gasteiger partial charge in [-0.2, -0.15) is 0 Å². The Morgan fingerprint density at radius 3 is 2.63 bits per heavy atom. The van der Waals surface area contributed by atoms with E-state index in [0.717, 1.165) is 18.7 Å². The van der Waals surface area contributed by atoms with Crippen molar-refractivity contribution in [3.8, 4) is 0 Å². The van der Waals surface area contributed by atoms with Gasteiger partial charge in [0, 0.05) is 5.69 Å². The lowest BCUT2D eigenvalue weighted by molar-refractivity contribution is 0.0697. The summed E-state index contributed by atoms with van der Waals surface area (Å²) in [6.07, 6.45) is 1.91. The fourth-order valence-electron chi connectivity index (χ4n) is 1.66. The highest BCUT2D eigenvalue weighted by Gasteiger charge is 2.12. The predicted molar refractivity (Wildman–Crippen MR) is 70.3 cm³/mol. The highest BCUT2D eigenvalue weighted by Crippen LogP contribution is 2.20. The number of aromatic carboxylic acids is 1. The van der Waals surface area contributed by atoms with Crippen LogP contribution in [0.1, 0.15) is 22.8 Å². The van der Waals surface area contributed by atoms with Crippen LogP contribution in [0.25, 0.3) is 0 Å². The van der Waals surface area contributed by atoms with Gasteiger partial charge in [-0.3, -0.25) is 0 Å². The number of carbonyl (C=O) groups is 1. The van der Waals surface area contributed by atoms with Gasteiger partial charge in [0.05, 0.1) is 6.20 Å². The number of carboxylic acid groups (broad SMARTS) is 1. The number of rotatable bonds is 4. The third kappa shape index (κ3) is 3.07. The summed E-state index contributed by atoms with van der Waals surface area (Å²) < 4.78 is 13.0. The van der Waals surface area contributed by atoms with Crippen LogP contribution < -0.4 is 5.32 Å². The largest absolute Gasteiger partial charge is 0.478 e. The van der Waals surface area contributed by atoms with Crippen molar-refractivity contribution < 1.29 is 14.3 Å². The minimum Gasteiger partial charge on any atom is -0.478 e. The van der Waals surface area contributed by atoms with Gasteiger partial charge in [-0.15, -0.1) is 0 Å². The molecule has 0 aliphatic carbocycles. The van der Waals surface area contributed by atoms with Gasteiger partial charge in [0.1, 0.15) is 17.2 Å². The first-order valence-electron chi connectivity index (χ1n) is 5.85. The average Bonchev–Trinajstić information content (AvgIpc) is 2.41. The van der Waals surface area contributed by atoms with Crippen molar-refractivity contribution >= 4 is 17.5 Å². The lowest BCUT2D eigenvalue weighted by Crippen LogP contribution is -2.05. The average molecular weight is 260 g/mol. The number of anilines is 2. The monoisotopic (exact) mass is 260 g/mol. The Balaban J connectivity index is 2.29. The summed E-state index contributed by atoms with van der Waals surface area (Å²) in [4.78, 5) is 14.8. The molecule has 0 spiro atoms. The fourth-order valence-corrected chi connectivity index (χ4v) is 1.66. The van der Waals surface area contributed by atoms with Crippen molar-refractivity contribution in [3.63, 3.8) is 0 Å². The number of carboxylic acids is 1. The first-order valence-corrected chi connectivity index (χ1v) is 5.85. The number of hydrogen-bond donors (Lipinski definition) is 2. The number of hydrogen-bond acceptors (Lipinski definition) is 3. The van der Waals surface area contributed by atoms with Crippen LogP contribution >= 0.6 is 0 Å². The second-order valence-electron chi connectivity index (χ2n) is 4.03. The van der Waals surface area contributed by atoms with Gasteiger partial charge < -0.3 is 10.4 Å². The molecule has 0 unspecified atom stereocenters. The van der Waals surface area contributed by atoms with Gasteiger partial charge in [-0.25, -0.2) is 14.2 Å². The SMILES string of the molecule is CCc1ccc(Nc2ncc(F)cc2C(=O)O)cc1. The number of nitrogens with zero attached hydrogens (tertiary/aromatic N) is 1. The standard InChI is InChI=1S/C14H13FN2O2/c1-2-9-3-5-11(6-4-9)17-13-12(14(18)19)7-10(15)8-16-13/h3-8H,2H2,1H3,(H,16,17)(H,18,19). The third-order valence-electron chi connectivity index (χ3n) is 2.71. The van der Waals surface area contributed by atoms with Crippen LogP contribution in [0, 0.1) is 5.82 Å². The first-order chi connectivity index (χ1) is 9.10. The van der Waals surface area contributed by atoms with Gasteiger partial charge in [0.25, 0.3) is 0 Å². The van der Waals surface area contributed by atoms with Gasteiger partial charge in [-0.05, 0) is 30.2 Å². The molecule has 19 heavy (non-hydrogen) atoms. The van der Waals surface area contributed by atoms with E-state index in [1.54, 1.807) is 0 Å². The maximum absolute atomic E-state index is 13.0. The molecule has 0 atom stereocenters. The van der Waals surface area contributed by atoms with Crippen molar-refractivity contribution in [2.24, 2.45) is 0 Å². The maximum atomic E-state index is 13.0. The zero-order valence-electron chi connectivity index (χ0n) is 10.4. The van der Waals surface area contributed by atoms with Crippen molar-refractivity contribution in [1.29, 1.82) is 0 Å². The molecular weight excluding hydrogens is 247 g/mol. The molecule has 1 aromatic heterocycles. The Morgan fingerprint density at radius 1 is 1.37 bits per heavy atom. The molecule has 0 aliphatic rings. The highest BCUT2D eigenvalue weighted by atomic mass is 19.1. The quantitative estimate of drug-likeness (QED) is 0.886. The van der Waals surface area contributed by atoms with E-state index in [0.29, 0.717) is 5.69 Å². The van der Waals surface area contributed by atoms with Crippen molar-refractivity contribution in [2.75, 3.05) is 5.32 Å². The molecule has 2 rings (SSSR count). The number of halogens is 1. The van der Waals surface area contributed by atoms with Gasteiger partial charge in [-0.1, -0.05) is 19.1 Å². The number of nitrogens with one attached hydrogen (secondary N) is 1. The molecule has 0 fully saturated rings. The zero-order valence-corrected chi connectivity index (χ0v) is 10.4.